The van der Waals surface area contributed by atoms with E-state index >= 15 is 0 Å². The molecule has 1 aromatic carbocycles. The molecule has 0 amide bonds. The van der Waals surface area contributed by atoms with Crippen LogP contribution in [0.3, 0.4) is 0 Å². The van der Waals surface area contributed by atoms with Crippen LogP contribution in [0.5, 0.6) is 0 Å². The van der Waals surface area contributed by atoms with Gasteiger partial charge in [-0.2, -0.15) is 9.50 Å². The lowest BCUT2D eigenvalue weighted by molar-refractivity contribution is 0.875. The summed E-state index contributed by atoms with van der Waals surface area (Å²) in [6.45, 7) is 5.61. The van der Waals surface area contributed by atoms with Crippen LogP contribution >= 0.6 is 0 Å². The number of hydrogen-bond donors (Lipinski definition) is 1. The Labute approximate surface area is 109 Å². The summed E-state index contributed by atoms with van der Waals surface area (Å²) in [6, 6.07) is 7.96. The summed E-state index contributed by atoms with van der Waals surface area (Å²) in [5.74, 6) is 1.05. The van der Waals surface area contributed by atoms with Crippen LogP contribution in [0.4, 0.5) is 0 Å². The van der Waals surface area contributed by atoms with Gasteiger partial charge in [0, 0.05) is 16.8 Å². The average molecular weight is 254 g/mol. The molecule has 1 N–H and O–H groups in total. The van der Waals surface area contributed by atoms with E-state index in [1.54, 1.807) is 6.92 Å². The second-order valence-corrected chi connectivity index (χ2v) is 4.70. The molecule has 0 spiro atoms. The topological polar surface area (TPSA) is 63.1 Å². The quantitative estimate of drug-likeness (QED) is 0.722. The highest BCUT2D eigenvalue weighted by Gasteiger charge is 2.10. The smallest absolute Gasteiger partial charge is 0.271 e. The van der Waals surface area contributed by atoms with Crippen molar-refractivity contribution in [3.05, 3.63) is 51.4 Å². The van der Waals surface area contributed by atoms with Crippen molar-refractivity contribution in [2.75, 3.05) is 0 Å². The maximum Gasteiger partial charge on any atom is 0.277 e. The first kappa shape index (κ1) is 11.6. The van der Waals surface area contributed by atoms with Crippen LogP contribution in [0, 0.1) is 20.8 Å². The molecule has 0 saturated heterocycles. The molecule has 0 fully saturated rings. The highest BCUT2D eigenvalue weighted by Crippen LogP contribution is 2.15. The van der Waals surface area contributed by atoms with E-state index in [1.165, 1.54) is 10.1 Å². The fraction of sp³-hybridized carbons (Fsp3) is 0.214. The van der Waals surface area contributed by atoms with Crippen LogP contribution in [-0.2, 0) is 0 Å². The first-order valence-corrected chi connectivity index (χ1v) is 6.09. The Bertz CT molecular complexity index is 812. The Morgan fingerprint density at radius 1 is 1.05 bits per heavy atom. The predicted molar refractivity (Wildman–Crippen MR) is 73.3 cm³/mol. The van der Waals surface area contributed by atoms with Gasteiger partial charge >= 0.3 is 0 Å². The fourth-order valence-electron chi connectivity index (χ4n) is 1.94. The number of aromatic amines is 1. The molecule has 0 aliphatic rings. The number of hydrogen-bond acceptors (Lipinski definition) is 3. The van der Waals surface area contributed by atoms with Gasteiger partial charge in [0.25, 0.3) is 11.3 Å². The Morgan fingerprint density at radius 3 is 2.42 bits per heavy atom. The van der Waals surface area contributed by atoms with Crippen molar-refractivity contribution in [1.29, 1.82) is 0 Å². The van der Waals surface area contributed by atoms with E-state index < -0.39 is 0 Å². The molecular formula is C14H14N4O. The first-order chi connectivity index (χ1) is 9.06. The molecule has 2 heterocycles. The third kappa shape index (κ3) is 1.83. The minimum atomic E-state index is -0.103. The zero-order valence-electron chi connectivity index (χ0n) is 11.1. The van der Waals surface area contributed by atoms with Gasteiger partial charge in [0.15, 0.2) is 5.82 Å². The molecule has 2 aromatic heterocycles. The summed E-state index contributed by atoms with van der Waals surface area (Å²) in [5, 5.41) is 3.00. The molecule has 0 atom stereocenters. The maximum atomic E-state index is 12.1. The third-order valence-electron chi connectivity index (χ3n) is 3.29. The molecule has 5 nitrogen and oxygen atoms in total. The van der Waals surface area contributed by atoms with Crippen LogP contribution in [0.2, 0.25) is 0 Å². The number of fused-ring (bicyclic) bond motifs is 1. The zero-order valence-corrected chi connectivity index (χ0v) is 11.1. The largest absolute Gasteiger partial charge is 0.277 e. The van der Waals surface area contributed by atoms with E-state index in [1.807, 2.05) is 38.1 Å². The Balaban J connectivity index is 2.25. The van der Waals surface area contributed by atoms with Crippen molar-refractivity contribution in [3.63, 3.8) is 0 Å². The second-order valence-electron chi connectivity index (χ2n) is 4.70. The van der Waals surface area contributed by atoms with E-state index in [9.17, 15) is 4.79 Å². The molecule has 96 valence electrons. The van der Waals surface area contributed by atoms with Gasteiger partial charge < -0.3 is 0 Å². The summed E-state index contributed by atoms with van der Waals surface area (Å²) in [5.41, 5.74) is 3.37. The minimum absolute atomic E-state index is 0.103. The van der Waals surface area contributed by atoms with E-state index in [0.29, 0.717) is 22.9 Å². The second kappa shape index (κ2) is 4.05. The average Bonchev–Trinajstić information content (AvgIpc) is 2.81. The van der Waals surface area contributed by atoms with Gasteiger partial charge in [-0.25, -0.2) is 4.98 Å². The molecule has 0 unspecified atom stereocenters. The van der Waals surface area contributed by atoms with Crippen molar-refractivity contribution in [1.82, 2.24) is 19.6 Å². The van der Waals surface area contributed by atoms with E-state index in [-0.39, 0.29) is 5.56 Å². The minimum Gasteiger partial charge on any atom is -0.271 e. The van der Waals surface area contributed by atoms with Crippen LogP contribution in [0.15, 0.2) is 29.1 Å². The summed E-state index contributed by atoms with van der Waals surface area (Å²) < 4.78 is 1.39. The van der Waals surface area contributed by atoms with Gasteiger partial charge in [-0.15, -0.1) is 0 Å². The highest BCUT2D eigenvalue weighted by molar-refractivity contribution is 5.57. The van der Waals surface area contributed by atoms with Gasteiger partial charge in [-0.3, -0.25) is 9.89 Å². The van der Waals surface area contributed by atoms with Gasteiger partial charge in [0.05, 0.1) is 0 Å². The van der Waals surface area contributed by atoms with E-state index in [2.05, 4.69) is 15.1 Å². The first-order valence-electron chi connectivity index (χ1n) is 6.09. The number of nitrogens with one attached hydrogen (secondary N) is 1. The van der Waals surface area contributed by atoms with Crippen LogP contribution in [-0.4, -0.2) is 19.6 Å². The molecular weight excluding hydrogens is 240 g/mol. The van der Waals surface area contributed by atoms with E-state index in [4.69, 9.17) is 0 Å². The number of aromatic nitrogens is 4. The highest BCUT2D eigenvalue weighted by atomic mass is 16.1. The van der Waals surface area contributed by atoms with Gasteiger partial charge in [-0.1, -0.05) is 29.8 Å². The van der Waals surface area contributed by atoms with Crippen molar-refractivity contribution >= 4 is 5.78 Å². The van der Waals surface area contributed by atoms with Gasteiger partial charge in [0.1, 0.15) is 0 Å². The molecule has 19 heavy (non-hydrogen) atoms. The molecule has 0 aliphatic carbocycles. The Morgan fingerprint density at radius 2 is 1.74 bits per heavy atom. The predicted octanol–water partition coefficient (Wildman–Crippen LogP) is 2.01. The molecule has 0 aliphatic heterocycles. The molecule has 0 saturated carbocycles. The van der Waals surface area contributed by atoms with Crippen LogP contribution < -0.4 is 5.56 Å². The van der Waals surface area contributed by atoms with Crippen molar-refractivity contribution in [3.8, 4) is 11.4 Å². The molecule has 3 aromatic rings. The lowest BCUT2D eigenvalue weighted by Gasteiger charge is -1.97. The summed E-state index contributed by atoms with van der Waals surface area (Å²) >= 11 is 0. The molecule has 3 rings (SSSR count). The lowest BCUT2D eigenvalue weighted by atomic mass is 10.1. The summed E-state index contributed by atoms with van der Waals surface area (Å²) in [4.78, 5) is 20.8. The number of benzene rings is 1. The SMILES string of the molecule is Cc1ccc(-c2nc3nc(C)c(C)c(=O)n3[nH]2)cc1. The van der Waals surface area contributed by atoms with Gasteiger partial charge in [0.2, 0.25) is 0 Å². The van der Waals surface area contributed by atoms with Crippen molar-refractivity contribution in [2.45, 2.75) is 20.8 Å². The standard InChI is InChI=1S/C14H14N4O/c1-8-4-6-11(7-5-8)12-16-14-15-10(3)9(2)13(19)18(14)17-12/h4-7H,1-3H3,(H,15,16,17). The van der Waals surface area contributed by atoms with Crippen molar-refractivity contribution in [2.24, 2.45) is 0 Å². The maximum absolute atomic E-state index is 12.1. The monoisotopic (exact) mass is 254 g/mol. The normalized spacial score (nSPS) is 11.1. The van der Waals surface area contributed by atoms with E-state index in [0.717, 1.165) is 5.56 Å². The zero-order chi connectivity index (χ0) is 13.6. The lowest BCUT2D eigenvalue weighted by Crippen LogP contribution is -2.19. The van der Waals surface area contributed by atoms with Crippen molar-refractivity contribution < 1.29 is 0 Å². The number of rotatable bonds is 1. The van der Waals surface area contributed by atoms with Crippen LogP contribution in [0.1, 0.15) is 16.8 Å². The Kier molecular flexibility index (Phi) is 2.48. The van der Waals surface area contributed by atoms with Gasteiger partial charge in [-0.05, 0) is 20.8 Å². The number of nitrogens with zero attached hydrogens (tertiary/aromatic N) is 3. The summed E-state index contributed by atoms with van der Waals surface area (Å²) in [6.07, 6.45) is 0. The Hall–Kier alpha value is -2.43. The molecule has 0 bridgehead atoms. The molecule has 5 heteroatoms. The van der Waals surface area contributed by atoms with Crippen LogP contribution in [0.25, 0.3) is 17.2 Å². The fourth-order valence-corrected chi connectivity index (χ4v) is 1.94. The summed E-state index contributed by atoms with van der Waals surface area (Å²) in [7, 11) is 0. The third-order valence-corrected chi connectivity index (χ3v) is 3.29. The number of aryl methyl sites for hydroxylation is 2. The number of H-pyrrole nitrogens is 1. The molecule has 0 radical (unpaired) electrons.